The summed E-state index contributed by atoms with van der Waals surface area (Å²) in [5.74, 6) is 0. The largest absolute Gasteiger partial charge is 0.0853 e. The zero-order chi connectivity index (χ0) is 13.6. The molecule has 0 aliphatic heterocycles. The van der Waals surface area contributed by atoms with E-state index < -0.39 is 0 Å². The van der Waals surface area contributed by atoms with E-state index in [1.165, 1.54) is 51.4 Å². The van der Waals surface area contributed by atoms with Crippen molar-refractivity contribution in [3.8, 4) is 0 Å². The molecule has 0 aliphatic rings. The first kappa shape index (κ1) is 18.4. The van der Waals surface area contributed by atoms with Crippen LogP contribution < -0.4 is 0 Å². The van der Waals surface area contributed by atoms with Crippen molar-refractivity contribution in [3.63, 3.8) is 0 Å². The number of allylic oxidation sites excluding steroid dienone is 3. The molecule has 0 atom stereocenters. The third-order valence-corrected chi connectivity index (χ3v) is 3.78. The minimum absolute atomic E-state index is 1.06. The first-order valence-electron chi connectivity index (χ1n) is 7.33. The van der Waals surface area contributed by atoms with Crippen molar-refractivity contribution in [1.29, 1.82) is 0 Å². The fourth-order valence-electron chi connectivity index (χ4n) is 1.99. The highest BCUT2D eigenvalue weighted by molar-refractivity contribution is 9.28. The van der Waals surface area contributed by atoms with Crippen molar-refractivity contribution < 1.29 is 0 Å². The molecule has 0 aliphatic carbocycles. The van der Waals surface area contributed by atoms with Crippen LogP contribution in [0.1, 0.15) is 78.1 Å². The first-order valence-corrected chi connectivity index (χ1v) is 8.92. The quantitative estimate of drug-likeness (QED) is 0.257. The topological polar surface area (TPSA) is 0 Å². The number of rotatable bonds is 11. The van der Waals surface area contributed by atoms with Gasteiger partial charge in [0, 0.05) is 0 Å². The summed E-state index contributed by atoms with van der Waals surface area (Å²) in [5, 5.41) is 0. The molecule has 0 heterocycles. The van der Waals surface area contributed by atoms with E-state index in [4.69, 9.17) is 0 Å². The van der Waals surface area contributed by atoms with E-state index in [0.29, 0.717) is 0 Å². The Morgan fingerprint density at radius 2 is 1.39 bits per heavy atom. The molecule has 0 unspecified atom stereocenters. The van der Waals surface area contributed by atoms with Crippen molar-refractivity contribution >= 4 is 31.9 Å². The van der Waals surface area contributed by atoms with Crippen molar-refractivity contribution in [2.75, 3.05) is 0 Å². The summed E-state index contributed by atoms with van der Waals surface area (Å²) in [6, 6.07) is 0. The standard InChI is InChI=1S/C16H28Br2/c1-3-4-5-6-7-8-9-12-15(2)13-10-11-14-16(17)18/h13-14H,3-12H2,1-2H3/b15-13+. The van der Waals surface area contributed by atoms with Crippen LogP contribution in [0.4, 0.5) is 0 Å². The SMILES string of the molecule is CCCCCCCCC/C(C)=C/CCC=C(Br)Br. The van der Waals surface area contributed by atoms with E-state index in [0.717, 1.165) is 16.2 Å². The van der Waals surface area contributed by atoms with Crippen molar-refractivity contribution in [2.24, 2.45) is 0 Å². The molecule has 106 valence electrons. The monoisotopic (exact) mass is 378 g/mol. The number of unbranched alkanes of at least 4 members (excludes halogenated alkanes) is 7. The zero-order valence-corrected chi connectivity index (χ0v) is 15.2. The number of hydrogen-bond acceptors (Lipinski definition) is 0. The van der Waals surface area contributed by atoms with Gasteiger partial charge < -0.3 is 0 Å². The minimum Gasteiger partial charge on any atom is -0.0853 e. The molecule has 0 aromatic rings. The van der Waals surface area contributed by atoms with E-state index in [1.807, 2.05) is 0 Å². The average molecular weight is 380 g/mol. The molecular formula is C16H28Br2. The van der Waals surface area contributed by atoms with Gasteiger partial charge in [0.1, 0.15) is 0 Å². The lowest BCUT2D eigenvalue weighted by atomic mass is 10.0. The van der Waals surface area contributed by atoms with E-state index in [-0.39, 0.29) is 0 Å². The second kappa shape index (κ2) is 13.9. The third kappa shape index (κ3) is 14.5. The molecule has 0 aromatic carbocycles. The molecule has 18 heavy (non-hydrogen) atoms. The molecule has 0 fully saturated rings. The molecule has 2 heteroatoms. The summed E-state index contributed by atoms with van der Waals surface area (Å²) in [4.78, 5) is 0. The maximum atomic E-state index is 3.38. The highest BCUT2D eigenvalue weighted by Gasteiger charge is 1.93. The van der Waals surface area contributed by atoms with Crippen LogP contribution in [0.25, 0.3) is 0 Å². The van der Waals surface area contributed by atoms with Gasteiger partial charge in [-0.05, 0) is 64.5 Å². The Bertz CT molecular complexity index is 237. The van der Waals surface area contributed by atoms with Gasteiger partial charge >= 0.3 is 0 Å². The van der Waals surface area contributed by atoms with Crippen LogP contribution in [0, 0.1) is 0 Å². The van der Waals surface area contributed by atoms with Gasteiger partial charge in [0.25, 0.3) is 0 Å². The maximum Gasteiger partial charge on any atom is 0.0564 e. The van der Waals surface area contributed by atoms with Crippen LogP contribution in [-0.2, 0) is 0 Å². The molecule has 0 aromatic heterocycles. The third-order valence-electron chi connectivity index (χ3n) is 3.13. The fraction of sp³-hybridized carbons (Fsp3) is 0.750. The van der Waals surface area contributed by atoms with Gasteiger partial charge in [-0.25, -0.2) is 0 Å². The predicted octanol–water partition coefficient (Wildman–Crippen LogP) is 7.48. The second-order valence-corrected chi connectivity index (χ2v) is 7.77. The summed E-state index contributed by atoms with van der Waals surface area (Å²) in [6.07, 6.45) is 17.9. The highest BCUT2D eigenvalue weighted by atomic mass is 79.9. The van der Waals surface area contributed by atoms with Crippen molar-refractivity contribution in [3.05, 3.63) is 21.1 Å². The summed E-state index contributed by atoms with van der Waals surface area (Å²) in [5.41, 5.74) is 1.56. The molecular weight excluding hydrogens is 352 g/mol. The van der Waals surface area contributed by atoms with E-state index in [2.05, 4.69) is 57.9 Å². The van der Waals surface area contributed by atoms with Crippen LogP contribution in [-0.4, -0.2) is 0 Å². The Labute approximate surface area is 131 Å². The van der Waals surface area contributed by atoms with Gasteiger partial charge in [-0.1, -0.05) is 63.2 Å². The minimum atomic E-state index is 1.06. The second-order valence-electron chi connectivity index (χ2n) is 4.99. The Morgan fingerprint density at radius 3 is 2.00 bits per heavy atom. The smallest absolute Gasteiger partial charge is 0.0564 e. The van der Waals surface area contributed by atoms with Gasteiger partial charge in [-0.3, -0.25) is 0 Å². The van der Waals surface area contributed by atoms with Crippen LogP contribution >= 0.6 is 31.9 Å². The Hall–Kier alpha value is 0.440. The van der Waals surface area contributed by atoms with Crippen LogP contribution in [0.2, 0.25) is 0 Å². The zero-order valence-electron chi connectivity index (χ0n) is 12.0. The summed E-state index contributed by atoms with van der Waals surface area (Å²) < 4.78 is 1.06. The Morgan fingerprint density at radius 1 is 0.833 bits per heavy atom. The fourth-order valence-corrected chi connectivity index (χ4v) is 2.44. The maximum absolute atomic E-state index is 3.38. The highest BCUT2D eigenvalue weighted by Crippen LogP contribution is 2.16. The summed E-state index contributed by atoms with van der Waals surface area (Å²) in [6.45, 7) is 4.54. The molecule has 0 radical (unpaired) electrons. The lowest BCUT2D eigenvalue weighted by molar-refractivity contribution is 0.588. The van der Waals surface area contributed by atoms with Gasteiger partial charge in [-0.2, -0.15) is 0 Å². The van der Waals surface area contributed by atoms with Gasteiger partial charge in [0.2, 0.25) is 0 Å². The lowest BCUT2D eigenvalue weighted by Gasteiger charge is -2.02. The number of halogens is 2. The Balaban J connectivity index is 3.38. The van der Waals surface area contributed by atoms with Crippen LogP contribution in [0.5, 0.6) is 0 Å². The molecule has 0 spiro atoms. The van der Waals surface area contributed by atoms with Crippen LogP contribution in [0.3, 0.4) is 0 Å². The van der Waals surface area contributed by atoms with Gasteiger partial charge in [0.15, 0.2) is 0 Å². The first-order chi connectivity index (χ1) is 8.66. The molecule has 0 saturated carbocycles. The van der Waals surface area contributed by atoms with E-state index in [1.54, 1.807) is 5.57 Å². The van der Waals surface area contributed by atoms with E-state index in [9.17, 15) is 0 Å². The van der Waals surface area contributed by atoms with Gasteiger partial charge in [-0.15, -0.1) is 0 Å². The lowest BCUT2D eigenvalue weighted by Crippen LogP contribution is -1.82. The molecule has 0 N–H and O–H groups in total. The summed E-state index contributed by atoms with van der Waals surface area (Å²) in [7, 11) is 0. The average Bonchev–Trinajstić information content (AvgIpc) is 2.33. The van der Waals surface area contributed by atoms with Crippen LogP contribution in [0.15, 0.2) is 21.1 Å². The van der Waals surface area contributed by atoms with E-state index >= 15 is 0 Å². The summed E-state index contributed by atoms with van der Waals surface area (Å²) >= 11 is 6.75. The Kier molecular flexibility index (Phi) is 14.2. The van der Waals surface area contributed by atoms with Crippen molar-refractivity contribution in [2.45, 2.75) is 78.1 Å². The van der Waals surface area contributed by atoms with Gasteiger partial charge in [0.05, 0.1) is 3.39 Å². The molecule has 0 amide bonds. The van der Waals surface area contributed by atoms with Crippen molar-refractivity contribution in [1.82, 2.24) is 0 Å². The molecule has 0 saturated heterocycles. The molecule has 0 nitrogen and oxygen atoms in total. The molecule has 0 rings (SSSR count). The normalized spacial score (nSPS) is 11.7. The molecule has 0 bridgehead atoms. The number of hydrogen-bond donors (Lipinski definition) is 0. The predicted molar refractivity (Wildman–Crippen MR) is 91.5 cm³/mol.